The van der Waals surface area contributed by atoms with Crippen molar-refractivity contribution in [2.75, 3.05) is 13.2 Å². The van der Waals surface area contributed by atoms with Crippen molar-refractivity contribution in [1.29, 1.82) is 0 Å². The van der Waals surface area contributed by atoms with Crippen molar-refractivity contribution in [3.8, 4) is 0 Å². The standard InChI is InChI=1S/C5H11ClO2/c6-5(4-8)2-1-3-7/h5,7-8H,1-4H2/t5-/m1/s1. The highest BCUT2D eigenvalue weighted by Gasteiger charge is 1.99. The van der Waals surface area contributed by atoms with Gasteiger partial charge in [0.05, 0.1) is 12.0 Å². The number of halogens is 1. The summed E-state index contributed by atoms with van der Waals surface area (Å²) >= 11 is 5.48. The molecule has 0 saturated carbocycles. The highest BCUT2D eigenvalue weighted by Crippen LogP contribution is 2.02. The SMILES string of the molecule is OCCC[C@@H](Cl)CO. The highest BCUT2D eigenvalue weighted by atomic mass is 35.5. The molecule has 50 valence electrons. The van der Waals surface area contributed by atoms with Gasteiger partial charge in [0, 0.05) is 6.61 Å². The van der Waals surface area contributed by atoms with Gasteiger partial charge in [-0.25, -0.2) is 0 Å². The lowest BCUT2D eigenvalue weighted by molar-refractivity contribution is 0.259. The summed E-state index contributed by atoms with van der Waals surface area (Å²) < 4.78 is 0. The molecule has 0 unspecified atom stereocenters. The second kappa shape index (κ2) is 5.35. The van der Waals surface area contributed by atoms with Crippen molar-refractivity contribution in [3.63, 3.8) is 0 Å². The molecule has 0 aliphatic heterocycles. The molecule has 3 heteroatoms. The lowest BCUT2D eigenvalue weighted by Gasteiger charge is -2.00. The molecule has 0 aromatic heterocycles. The van der Waals surface area contributed by atoms with E-state index in [1.807, 2.05) is 0 Å². The third kappa shape index (κ3) is 4.37. The number of hydrogen-bond acceptors (Lipinski definition) is 2. The molecule has 2 N–H and O–H groups in total. The minimum atomic E-state index is -0.179. The fourth-order valence-electron chi connectivity index (χ4n) is 0.404. The summed E-state index contributed by atoms with van der Waals surface area (Å²) in [5.74, 6) is 0. The van der Waals surface area contributed by atoms with E-state index in [0.29, 0.717) is 12.8 Å². The first-order valence-corrected chi connectivity index (χ1v) is 3.10. The number of aliphatic hydroxyl groups is 2. The van der Waals surface area contributed by atoms with Crippen LogP contribution in [-0.4, -0.2) is 28.8 Å². The molecule has 0 spiro atoms. The Bertz CT molecular complexity index is 49.7. The summed E-state index contributed by atoms with van der Waals surface area (Å²) in [7, 11) is 0. The van der Waals surface area contributed by atoms with Gasteiger partial charge in [-0.2, -0.15) is 0 Å². The molecule has 1 atom stereocenters. The Morgan fingerprint density at radius 3 is 2.38 bits per heavy atom. The average Bonchev–Trinajstić information content (AvgIpc) is 1.83. The summed E-state index contributed by atoms with van der Waals surface area (Å²) in [6.07, 6.45) is 1.36. The van der Waals surface area contributed by atoms with E-state index in [1.165, 1.54) is 0 Å². The van der Waals surface area contributed by atoms with Crippen molar-refractivity contribution in [3.05, 3.63) is 0 Å². The van der Waals surface area contributed by atoms with Crippen molar-refractivity contribution in [2.45, 2.75) is 18.2 Å². The van der Waals surface area contributed by atoms with Gasteiger partial charge in [0.2, 0.25) is 0 Å². The average molecular weight is 139 g/mol. The zero-order valence-electron chi connectivity index (χ0n) is 4.68. The van der Waals surface area contributed by atoms with Crippen LogP contribution < -0.4 is 0 Å². The number of hydrogen-bond donors (Lipinski definition) is 2. The molecular formula is C5H11ClO2. The second-order valence-electron chi connectivity index (χ2n) is 1.65. The van der Waals surface area contributed by atoms with Crippen LogP contribution in [0.25, 0.3) is 0 Å². The van der Waals surface area contributed by atoms with Crippen molar-refractivity contribution < 1.29 is 10.2 Å². The molecule has 0 bridgehead atoms. The Kier molecular flexibility index (Phi) is 5.49. The van der Waals surface area contributed by atoms with Gasteiger partial charge < -0.3 is 10.2 Å². The van der Waals surface area contributed by atoms with E-state index in [0.717, 1.165) is 0 Å². The van der Waals surface area contributed by atoms with E-state index in [-0.39, 0.29) is 18.6 Å². The van der Waals surface area contributed by atoms with Gasteiger partial charge in [-0.1, -0.05) is 0 Å². The molecule has 0 aromatic rings. The molecule has 0 aliphatic rings. The molecular weight excluding hydrogens is 128 g/mol. The van der Waals surface area contributed by atoms with Crippen molar-refractivity contribution >= 4 is 11.6 Å². The molecule has 0 rings (SSSR count). The molecule has 0 aromatic carbocycles. The molecule has 0 radical (unpaired) electrons. The zero-order valence-corrected chi connectivity index (χ0v) is 5.43. The minimum absolute atomic E-state index is 0.00154. The maximum absolute atomic E-state index is 8.35. The maximum Gasteiger partial charge on any atom is 0.0595 e. The number of aliphatic hydroxyl groups excluding tert-OH is 2. The summed E-state index contributed by atoms with van der Waals surface area (Å²) in [5.41, 5.74) is 0. The smallest absolute Gasteiger partial charge is 0.0595 e. The summed E-state index contributed by atoms with van der Waals surface area (Å²) in [6, 6.07) is 0. The summed E-state index contributed by atoms with van der Waals surface area (Å²) in [4.78, 5) is 0. The van der Waals surface area contributed by atoms with Gasteiger partial charge in [-0.15, -0.1) is 11.6 Å². The first-order chi connectivity index (χ1) is 3.81. The molecule has 0 aliphatic carbocycles. The van der Waals surface area contributed by atoms with Gasteiger partial charge in [-0.3, -0.25) is 0 Å². The lowest BCUT2D eigenvalue weighted by Crippen LogP contribution is -2.04. The Balaban J connectivity index is 2.86. The van der Waals surface area contributed by atoms with Gasteiger partial charge in [0.1, 0.15) is 0 Å². The fourth-order valence-corrected chi connectivity index (χ4v) is 0.558. The van der Waals surface area contributed by atoms with E-state index in [9.17, 15) is 0 Å². The third-order valence-corrected chi connectivity index (χ3v) is 1.23. The van der Waals surface area contributed by atoms with E-state index < -0.39 is 0 Å². The quantitative estimate of drug-likeness (QED) is 0.551. The predicted octanol–water partition coefficient (Wildman–Crippen LogP) is 0.359. The summed E-state index contributed by atoms with van der Waals surface area (Å²) in [5, 5.41) is 16.4. The number of alkyl halides is 1. The Labute approximate surface area is 54.1 Å². The van der Waals surface area contributed by atoms with Crippen LogP contribution in [0.3, 0.4) is 0 Å². The molecule has 0 heterocycles. The first-order valence-electron chi connectivity index (χ1n) is 2.67. The van der Waals surface area contributed by atoms with Crippen LogP contribution in [0.2, 0.25) is 0 Å². The monoisotopic (exact) mass is 138 g/mol. The highest BCUT2D eigenvalue weighted by molar-refractivity contribution is 6.20. The van der Waals surface area contributed by atoms with Crippen molar-refractivity contribution in [1.82, 2.24) is 0 Å². The van der Waals surface area contributed by atoms with Crippen molar-refractivity contribution in [2.24, 2.45) is 0 Å². The normalized spacial score (nSPS) is 13.9. The van der Waals surface area contributed by atoms with E-state index in [4.69, 9.17) is 21.8 Å². The Morgan fingerprint density at radius 2 is 2.00 bits per heavy atom. The Hall–Kier alpha value is 0.210. The largest absolute Gasteiger partial charge is 0.396 e. The van der Waals surface area contributed by atoms with Crippen LogP contribution in [0.4, 0.5) is 0 Å². The van der Waals surface area contributed by atoms with E-state index in [1.54, 1.807) is 0 Å². The van der Waals surface area contributed by atoms with E-state index in [2.05, 4.69) is 0 Å². The zero-order chi connectivity index (χ0) is 6.41. The van der Waals surface area contributed by atoms with Crippen LogP contribution in [0.15, 0.2) is 0 Å². The minimum Gasteiger partial charge on any atom is -0.396 e. The fraction of sp³-hybridized carbons (Fsp3) is 1.00. The first kappa shape index (κ1) is 8.21. The van der Waals surface area contributed by atoms with Gasteiger partial charge in [-0.05, 0) is 12.8 Å². The second-order valence-corrected chi connectivity index (χ2v) is 2.26. The van der Waals surface area contributed by atoms with Gasteiger partial charge in [0.25, 0.3) is 0 Å². The maximum atomic E-state index is 8.35. The lowest BCUT2D eigenvalue weighted by atomic mass is 10.2. The number of rotatable bonds is 4. The van der Waals surface area contributed by atoms with Gasteiger partial charge in [0.15, 0.2) is 0 Å². The van der Waals surface area contributed by atoms with Crippen LogP contribution in [0.1, 0.15) is 12.8 Å². The molecule has 8 heavy (non-hydrogen) atoms. The summed E-state index contributed by atoms with van der Waals surface area (Å²) in [6.45, 7) is 0.158. The predicted molar refractivity (Wildman–Crippen MR) is 33.0 cm³/mol. The third-order valence-electron chi connectivity index (χ3n) is 0.874. The molecule has 0 saturated heterocycles. The van der Waals surface area contributed by atoms with E-state index >= 15 is 0 Å². The van der Waals surface area contributed by atoms with Crippen LogP contribution in [-0.2, 0) is 0 Å². The molecule has 0 fully saturated rings. The topological polar surface area (TPSA) is 40.5 Å². The van der Waals surface area contributed by atoms with Gasteiger partial charge >= 0.3 is 0 Å². The van der Waals surface area contributed by atoms with Crippen LogP contribution >= 0.6 is 11.6 Å². The van der Waals surface area contributed by atoms with Crippen LogP contribution in [0.5, 0.6) is 0 Å². The Morgan fingerprint density at radius 1 is 1.38 bits per heavy atom. The molecule has 0 amide bonds. The molecule has 2 nitrogen and oxygen atoms in total. The van der Waals surface area contributed by atoms with Crippen LogP contribution in [0, 0.1) is 0 Å².